The minimum Gasteiger partial charge on any atom is -0.507 e. The van der Waals surface area contributed by atoms with E-state index in [2.05, 4.69) is 15.9 Å². The van der Waals surface area contributed by atoms with E-state index in [0.29, 0.717) is 10.0 Å². The van der Waals surface area contributed by atoms with Crippen LogP contribution in [0.15, 0.2) is 22.7 Å². The largest absolute Gasteiger partial charge is 0.507 e. The van der Waals surface area contributed by atoms with Crippen LogP contribution in [-0.2, 0) is 9.59 Å². The highest BCUT2D eigenvalue weighted by atomic mass is 79.9. The lowest BCUT2D eigenvalue weighted by Gasteiger charge is -2.10. The molecule has 0 aliphatic carbocycles. The predicted octanol–water partition coefficient (Wildman–Crippen LogP) is 1.80. The molecule has 1 atom stereocenters. The van der Waals surface area contributed by atoms with Crippen molar-refractivity contribution in [1.29, 1.82) is 0 Å². The lowest BCUT2D eigenvalue weighted by atomic mass is 9.96. The molecule has 16 heavy (non-hydrogen) atoms. The Balaban J connectivity index is 3.06. The fourth-order valence-electron chi connectivity index (χ4n) is 1.26. The summed E-state index contributed by atoms with van der Waals surface area (Å²) in [5.41, 5.74) is 0.333. The molecule has 6 heteroatoms. The summed E-state index contributed by atoms with van der Waals surface area (Å²) in [6.45, 7) is 0. The molecule has 1 aromatic carbocycles. The lowest BCUT2D eigenvalue weighted by Crippen LogP contribution is -2.15. The van der Waals surface area contributed by atoms with E-state index in [1.807, 2.05) is 0 Å². The zero-order valence-electron chi connectivity index (χ0n) is 8.05. The van der Waals surface area contributed by atoms with E-state index in [0.717, 1.165) is 0 Å². The molecule has 0 radical (unpaired) electrons. The van der Waals surface area contributed by atoms with Crippen molar-refractivity contribution >= 4 is 27.9 Å². The molecule has 5 nitrogen and oxygen atoms in total. The number of hydrogen-bond donors (Lipinski definition) is 3. The number of carbonyl (C=O) groups is 2. The number of halogens is 1. The third-order valence-electron chi connectivity index (χ3n) is 2.05. The second kappa shape index (κ2) is 4.98. The lowest BCUT2D eigenvalue weighted by molar-refractivity contribution is -0.145. The monoisotopic (exact) mass is 288 g/mol. The number of rotatable bonds is 4. The zero-order chi connectivity index (χ0) is 12.3. The van der Waals surface area contributed by atoms with Crippen LogP contribution < -0.4 is 0 Å². The van der Waals surface area contributed by atoms with Gasteiger partial charge < -0.3 is 15.3 Å². The average Bonchev–Trinajstić information content (AvgIpc) is 2.18. The molecule has 0 fully saturated rings. The number of phenolic OH excluding ortho intramolecular Hbond substituents is 1. The molecule has 0 bridgehead atoms. The molecule has 0 aliphatic rings. The topological polar surface area (TPSA) is 94.8 Å². The van der Waals surface area contributed by atoms with Crippen molar-refractivity contribution in [1.82, 2.24) is 0 Å². The van der Waals surface area contributed by atoms with Gasteiger partial charge in [0.25, 0.3) is 0 Å². The van der Waals surface area contributed by atoms with Gasteiger partial charge >= 0.3 is 11.9 Å². The first kappa shape index (κ1) is 12.5. The molecule has 0 heterocycles. The molecule has 3 N–H and O–H groups in total. The first-order valence-electron chi connectivity index (χ1n) is 4.35. The molecular weight excluding hydrogens is 280 g/mol. The molecule has 0 aliphatic heterocycles. The molecule has 86 valence electrons. The van der Waals surface area contributed by atoms with Gasteiger partial charge in [0.1, 0.15) is 5.75 Å². The number of benzene rings is 1. The van der Waals surface area contributed by atoms with Gasteiger partial charge in [-0.05, 0) is 33.6 Å². The summed E-state index contributed by atoms with van der Waals surface area (Å²) >= 11 is 3.04. The van der Waals surface area contributed by atoms with Crippen molar-refractivity contribution in [2.45, 2.75) is 12.3 Å². The Hall–Kier alpha value is -1.56. The second-order valence-corrected chi connectivity index (χ2v) is 4.05. The summed E-state index contributed by atoms with van der Waals surface area (Å²) in [4.78, 5) is 21.4. The van der Waals surface area contributed by atoms with Crippen LogP contribution in [0.3, 0.4) is 0 Å². The highest BCUT2D eigenvalue weighted by Crippen LogP contribution is 2.29. The van der Waals surface area contributed by atoms with E-state index >= 15 is 0 Å². The number of aromatic hydroxyl groups is 1. The van der Waals surface area contributed by atoms with Crippen molar-refractivity contribution in [3.8, 4) is 5.75 Å². The van der Waals surface area contributed by atoms with E-state index in [1.54, 1.807) is 0 Å². The number of aliphatic carboxylic acids is 2. The SMILES string of the molecule is O=C(O)CC(C(=O)O)c1ccc(O)c(Br)c1. The Morgan fingerprint density at radius 3 is 2.38 bits per heavy atom. The van der Waals surface area contributed by atoms with Crippen LogP contribution in [0.1, 0.15) is 17.9 Å². The molecule has 1 unspecified atom stereocenters. The maximum absolute atomic E-state index is 10.9. The Morgan fingerprint density at radius 2 is 1.94 bits per heavy atom. The smallest absolute Gasteiger partial charge is 0.311 e. The normalized spacial score (nSPS) is 12.1. The predicted molar refractivity (Wildman–Crippen MR) is 58.4 cm³/mol. The molecule has 0 saturated heterocycles. The summed E-state index contributed by atoms with van der Waals surface area (Å²) in [7, 11) is 0. The van der Waals surface area contributed by atoms with E-state index in [9.17, 15) is 14.7 Å². The van der Waals surface area contributed by atoms with Gasteiger partial charge in [-0.25, -0.2) is 0 Å². The van der Waals surface area contributed by atoms with Crippen molar-refractivity contribution in [3.05, 3.63) is 28.2 Å². The van der Waals surface area contributed by atoms with Crippen LogP contribution in [0.25, 0.3) is 0 Å². The zero-order valence-corrected chi connectivity index (χ0v) is 9.64. The minimum absolute atomic E-state index is 0.0248. The fraction of sp³-hybridized carbons (Fsp3) is 0.200. The number of hydrogen-bond acceptors (Lipinski definition) is 3. The number of carboxylic acids is 2. The first-order valence-corrected chi connectivity index (χ1v) is 5.14. The van der Waals surface area contributed by atoms with Crippen LogP contribution >= 0.6 is 15.9 Å². The van der Waals surface area contributed by atoms with Gasteiger partial charge in [-0.15, -0.1) is 0 Å². The van der Waals surface area contributed by atoms with E-state index in [4.69, 9.17) is 10.2 Å². The number of phenols is 1. The minimum atomic E-state index is -1.21. The fourth-order valence-corrected chi connectivity index (χ4v) is 1.66. The summed E-state index contributed by atoms with van der Waals surface area (Å²) in [6, 6.07) is 4.11. The van der Waals surface area contributed by atoms with Crippen molar-refractivity contribution in [3.63, 3.8) is 0 Å². The highest BCUT2D eigenvalue weighted by molar-refractivity contribution is 9.10. The Morgan fingerprint density at radius 1 is 1.31 bits per heavy atom. The van der Waals surface area contributed by atoms with Crippen LogP contribution in [0.2, 0.25) is 0 Å². The summed E-state index contributed by atoms with van der Waals surface area (Å²) in [5, 5.41) is 26.7. The molecule has 0 spiro atoms. The van der Waals surface area contributed by atoms with Crippen molar-refractivity contribution in [2.75, 3.05) is 0 Å². The third-order valence-corrected chi connectivity index (χ3v) is 2.69. The molecule has 0 amide bonds. The standard InChI is InChI=1S/C10H9BrO5/c11-7-3-5(1-2-8(7)12)6(10(15)16)4-9(13)14/h1-3,6,12H,4H2,(H,13,14)(H,15,16). The summed E-state index contributed by atoms with van der Waals surface area (Å²) in [6.07, 6.45) is -0.494. The van der Waals surface area contributed by atoms with Crippen LogP contribution in [-0.4, -0.2) is 27.3 Å². The Labute approximate surface area is 99.5 Å². The van der Waals surface area contributed by atoms with Gasteiger partial charge in [-0.2, -0.15) is 0 Å². The molecule has 1 rings (SSSR count). The van der Waals surface area contributed by atoms with E-state index in [1.165, 1.54) is 18.2 Å². The van der Waals surface area contributed by atoms with Crippen LogP contribution in [0, 0.1) is 0 Å². The maximum atomic E-state index is 10.9. The maximum Gasteiger partial charge on any atom is 0.311 e. The van der Waals surface area contributed by atoms with Gasteiger partial charge in [0.2, 0.25) is 0 Å². The molecular formula is C10H9BrO5. The van der Waals surface area contributed by atoms with Gasteiger partial charge in [-0.1, -0.05) is 6.07 Å². The van der Waals surface area contributed by atoms with Crippen LogP contribution in [0.5, 0.6) is 5.75 Å². The first-order chi connectivity index (χ1) is 7.41. The van der Waals surface area contributed by atoms with Crippen molar-refractivity contribution < 1.29 is 24.9 Å². The Bertz CT molecular complexity index is 429. The summed E-state index contributed by atoms with van der Waals surface area (Å²) < 4.78 is 0.335. The number of carboxylic acid groups (broad SMARTS) is 2. The van der Waals surface area contributed by atoms with Gasteiger partial charge in [0.05, 0.1) is 16.8 Å². The van der Waals surface area contributed by atoms with Gasteiger partial charge in [-0.3, -0.25) is 9.59 Å². The van der Waals surface area contributed by atoms with Crippen LogP contribution in [0.4, 0.5) is 0 Å². The quantitative estimate of drug-likeness (QED) is 0.785. The van der Waals surface area contributed by atoms with Crippen molar-refractivity contribution in [2.24, 2.45) is 0 Å². The third kappa shape index (κ3) is 2.96. The van der Waals surface area contributed by atoms with E-state index in [-0.39, 0.29) is 5.75 Å². The second-order valence-electron chi connectivity index (χ2n) is 3.20. The highest BCUT2D eigenvalue weighted by Gasteiger charge is 2.23. The molecule has 1 aromatic rings. The van der Waals surface area contributed by atoms with Gasteiger partial charge in [0, 0.05) is 0 Å². The van der Waals surface area contributed by atoms with Gasteiger partial charge in [0.15, 0.2) is 0 Å². The summed E-state index contributed by atoms with van der Waals surface area (Å²) in [5.74, 6) is -3.53. The Kier molecular flexibility index (Phi) is 3.89. The molecule has 0 aromatic heterocycles. The average molecular weight is 289 g/mol. The van der Waals surface area contributed by atoms with E-state index < -0.39 is 24.3 Å². The molecule has 0 saturated carbocycles.